The molecule has 12 heteroatoms. The molecule has 0 amide bonds. The number of benzene rings is 3. The van der Waals surface area contributed by atoms with Crippen LogP contribution in [0.4, 0.5) is 46.5 Å². The van der Waals surface area contributed by atoms with E-state index in [1.165, 1.54) is 6.07 Å². The minimum atomic E-state index is -2.54. The Balaban J connectivity index is 2.30. The maximum Gasteiger partial charge on any atom is 0.337 e. The minimum absolute atomic E-state index is 0.173. The largest absolute Gasteiger partial charge is 0.478 e. The van der Waals surface area contributed by atoms with Gasteiger partial charge in [0.05, 0.1) is 22.5 Å². The smallest absolute Gasteiger partial charge is 0.337 e. The van der Waals surface area contributed by atoms with Gasteiger partial charge in [-0.3, -0.25) is 0 Å². The highest BCUT2D eigenvalue weighted by molar-refractivity contribution is 14.1. The molecule has 0 atom stereocenters. The van der Waals surface area contributed by atoms with E-state index in [0.29, 0.717) is 3.57 Å². The Kier molecular flexibility index (Phi) is 6.11. The molecular formula is C19H6F8INO2. The molecule has 0 fully saturated rings. The third kappa shape index (κ3) is 3.91. The van der Waals surface area contributed by atoms with Crippen LogP contribution in [-0.4, -0.2) is 11.1 Å². The number of hydrogen-bond donors (Lipinski definition) is 2. The fourth-order valence-corrected chi connectivity index (χ4v) is 3.12. The van der Waals surface area contributed by atoms with Crippen molar-refractivity contribution in [3.05, 3.63) is 79.9 Å². The summed E-state index contributed by atoms with van der Waals surface area (Å²) in [5.74, 6) is -19.5. The molecule has 0 aliphatic carbocycles. The predicted molar refractivity (Wildman–Crippen MR) is 101 cm³/mol. The Morgan fingerprint density at radius 3 is 1.84 bits per heavy atom. The SMILES string of the molecule is O=C(O)c1cc(-c2c(F)c(F)c(F)c(F)c2F)c(F)c(F)c1Nc1ccc(I)cc1F. The van der Waals surface area contributed by atoms with Crippen LogP contribution in [0, 0.1) is 50.1 Å². The molecular weight excluding hydrogens is 553 g/mol. The van der Waals surface area contributed by atoms with Crippen molar-refractivity contribution in [2.45, 2.75) is 0 Å². The molecule has 0 spiro atoms. The van der Waals surface area contributed by atoms with Crippen molar-refractivity contribution in [3.8, 4) is 11.1 Å². The van der Waals surface area contributed by atoms with Gasteiger partial charge in [0.2, 0.25) is 5.82 Å². The van der Waals surface area contributed by atoms with Gasteiger partial charge in [-0.2, -0.15) is 0 Å². The van der Waals surface area contributed by atoms with Gasteiger partial charge in [0.25, 0.3) is 0 Å². The van der Waals surface area contributed by atoms with E-state index in [1.807, 2.05) is 5.32 Å². The summed E-state index contributed by atoms with van der Waals surface area (Å²) in [6.07, 6.45) is 0. The van der Waals surface area contributed by atoms with Crippen molar-refractivity contribution in [2.24, 2.45) is 0 Å². The van der Waals surface area contributed by atoms with Crippen LogP contribution in [0.2, 0.25) is 0 Å². The number of carboxylic acid groups (broad SMARTS) is 1. The molecule has 0 aliphatic rings. The van der Waals surface area contributed by atoms with Crippen LogP contribution in [0.5, 0.6) is 0 Å². The molecule has 0 bridgehead atoms. The lowest BCUT2D eigenvalue weighted by molar-refractivity contribution is 0.0697. The molecule has 3 rings (SSSR count). The molecule has 3 nitrogen and oxygen atoms in total. The number of nitrogens with one attached hydrogen (secondary N) is 1. The molecule has 3 aromatic rings. The van der Waals surface area contributed by atoms with E-state index in [4.69, 9.17) is 0 Å². The van der Waals surface area contributed by atoms with E-state index < -0.39 is 80.6 Å². The average molecular weight is 559 g/mol. The third-order valence-electron chi connectivity index (χ3n) is 4.11. The summed E-state index contributed by atoms with van der Waals surface area (Å²) in [6.45, 7) is 0. The molecule has 0 saturated heterocycles. The summed E-state index contributed by atoms with van der Waals surface area (Å²) in [6, 6.07) is 3.59. The third-order valence-corrected chi connectivity index (χ3v) is 4.78. The Hall–Kier alpha value is -2.90. The van der Waals surface area contributed by atoms with Gasteiger partial charge in [-0.15, -0.1) is 0 Å². The number of carbonyl (C=O) groups is 1. The fraction of sp³-hybridized carbons (Fsp3) is 0. The van der Waals surface area contributed by atoms with E-state index in [1.54, 1.807) is 22.6 Å². The first-order valence-electron chi connectivity index (χ1n) is 7.94. The van der Waals surface area contributed by atoms with Crippen molar-refractivity contribution >= 4 is 39.9 Å². The first-order chi connectivity index (χ1) is 14.5. The van der Waals surface area contributed by atoms with Crippen molar-refractivity contribution in [2.75, 3.05) is 5.32 Å². The lowest BCUT2D eigenvalue weighted by Gasteiger charge is -2.16. The zero-order chi connectivity index (χ0) is 23.2. The molecule has 31 heavy (non-hydrogen) atoms. The van der Waals surface area contributed by atoms with Gasteiger partial charge >= 0.3 is 5.97 Å². The summed E-state index contributed by atoms with van der Waals surface area (Å²) in [5, 5.41) is 11.3. The summed E-state index contributed by atoms with van der Waals surface area (Å²) >= 11 is 1.75. The van der Waals surface area contributed by atoms with Crippen molar-refractivity contribution < 1.29 is 45.0 Å². The van der Waals surface area contributed by atoms with E-state index >= 15 is 0 Å². The van der Waals surface area contributed by atoms with Crippen LogP contribution >= 0.6 is 22.6 Å². The van der Waals surface area contributed by atoms with E-state index in [-0.39, 0.29) is 6.07 Å². The summed E-state index contributed by atoms with van der Waals surface area (Å²) in [7, 11) is 0. The monoisotopic (exact) mass is 559 g/mol. The van der Waals surface area contributed by atoms with Crippen LogP contribution in [0.25, 0.3) is 11.1 Å². The average Bonchev–Trinajstić information content (AvgIpc) is 2.71. The highest BCUT2D eigenvalue weighted by Crippen LogP contribution is 2.38. The summed E-state index contributed by atoms with van der Waals surface area (Å²) in [4.78, 5) is 11.5. The number of rotatable bonds is 4. The van der Waals surface area contributed by atoms with Gasteiger partial charge < -0.3 is 10.4 Å². The summed E-state index contributed by atoms with van der Waals surface area (Å²) in [5.41, 5.74) is -6.14. The fourth-order valence-electron chi connectivity index (χ4n) is 2.67. The van der Waals surface area contributed by atoms with Gasteiger partial charge in [-0.1, -0.05) is 0 Å². The van der Waals surface area contributed by atoms with Crippen molar-refractivity contribution in [1.82, 2.24) is 0 Å². The van der Waals surface area contributed by atoms with E-state index in [9.17, 15) is 45.0 Å². The Morgan fingerprint density at radius 2 is 1.32 bits per heavy atom. The van der Waals surface area contributed by atoms with Crippen LogP contribution in [-0.2, 0) is 0 Å². The van der Waals surface area contributed by atoms with Crippen LogP contribution in [0.15, 0.2) is 24.3 Å². The van der Waals surface area contributed by atoms with Gasteiger partial charge in [0, 0.05) is 9.13 Å². The topological polar surface area (TPSA) is 49.3 Å². The molecule has 0 radical (unpaired) electrons. The lowest BCUT2D eigenvalue weighted by Crippen LogP contribution is -2.11. The molecule has 2 N–H and O–H groups in total. The highest BCUT2D eigenvalue weighted by Gasteiger charge is 2.31. The molecule has 0 aliphatic heterocycles. The highest BCUT2D eigenvalue weighted by atomic mass is 127. The van der Waals surface area contributed by atoms with Crippen molar-refractivity contribution in [3.63, 3.8) is 0 Å². The quantitative estimate of drug-likeness (QED) is 0.166. The number of hydrogen-bond acceptors (Lipinski definition) is 2. The standard InChI is InChI=1S/C19H6F8INO2/c20-8-3-5(28)1-2-9(8)29-18-7(19(30)31)4-6(11(21)17(18)27)10-12(22)14(24)16(26)15(25)13(10)23/h1-4,29H,(H,30,31). The number of aromatic carboxylic acids is 1. The molecule has 0 unspecified atom stereocenters. The second-order valence-corrected chi connectivity index (χ2v) is 7.22. The summed E-state index contributed by atoms with van der Waals surface area (Å²) < 4.78 is 112. The van der Waals surface area contributed by atoms with E-state index in [2.05, 4.69) is 0 Å². The first-order valence-corrected chi connectivity index (χ1v) is 9.02. The minimum Gasteiger partial charge on any atom is -0.478 e. The number of halogens is 9. The van der Waals surface area contributed by atoms with Gasteiger partial charge in [-0.05, 0) is 46.9 Å². The van der Waals surface area contributed by atoms with Gasteiger partial charge in [-0.25, -0.2) is 39.9 Å². The van der Waals surface area contributed by atoms with Gasteiger partial charge in [0.15, 0.2) is 34.9 Å². The molecule has 0 heterocycles. The predicted octanol–water partition coefficient (Wildman–Crippen LogP) is 6.51. The second kappa shape index (κ2) is 8.32. The van der Waals surface area contributed by atoms with Crippen LogP contribution in [0.3, 0.4) is 0 Å². The number of anilines is 2. The van der Waals surface area contributed by atoms with Gasteiger partial charge in [0.1, 0.15) is 5.82 Å². The Labute approximate surface area is 181 Å². The molecule has 0 aromatic heterocycles. The zero-order valence-electron chi connectivity index (χ0n) is 14.6. The lowest BCUT2D eigenvalue weighted by atomic mass is 9.98. The first kappa shape index (κ1) is 22.8. The second-order valence-electron chi connectivity index (χ2n) is 5.97. The van der Waals surface area contributed by atoms with Crippen molar-refractivity contribution in [1.29, 1.82) is 0 Å². The molecule has 162 valence electrons. The maximum atomic E-state index is 14.7. The zero-order valence-corrected chi connectivity index (χ0v) is 16.7. The van der Waals surface area contributed by atoms with Crippen LogP contribution < -0.4 is 5.32 Å². The normalized spacial score (nSPS) is 11.0. The van der Waals surface area contributed by atoms with E-state index in [0.717, 1.165) is 12.1 Å². The Morgan fingerprint density at radius 1 is 0.774 bits per heavy atom. The maximum absolute atomic E-state index is 14.7. The number of carboxylic acids is 1. The molecule has 0 saturated carbocycles. The van der Waals surface area contributed by atoms with Crippen LogP contribution in [0.1, 0.15) is 10.4 Å². The molecule has 3 aromatic carbocycles. The Bertz CT molecular complexity index is 1220.